The van der Waals surface area contributed by atoms with Crippen LogP contribution in [-0.4, -0.2) is 20.4 Å². The molecular weight excluding hydrogens is 362 g/mol. The maximum atomic E-state index is 13.6. The summed E-state index contributed by atoms with van der Waals surface area (Å²) in [5.74, 6) is -0.161. The van der Waals surface area contributed by atoms with Gasteiger partial charge in [0.25, 0.3) is 5.91 Å². The molecule has 5 nitrogen and oxygen atoms in total. The Morgan fingerprint density at radius 2 is 1.71 bits per heavy atom. The predicted molar refractivity (Wildman–Crippen MR) is 103 cm³/mol. The number of carbonyl (C=O) groups is 1. The van der Waals surface area contributed by atoms with Crippen molar-refractivity contribution in [2.75, 3.05) is 5.32 Å². The molecule has 0 aliphatic rings. The standard InChI is InChI=1S/C21H16F2N4O/c1-13-5-4-7-17(24-13)20(28)25-15-11-9-14(10-12-15)19-26-16-6-2-3-8-18(16)27(19)21(22)23/h2-12,21H,1H3,(H,25,28). The van der Waals surface area contributed by atoms with E-state index in [1.54, 1.807) is 73.7 Å². The van der Waals surface area contributed by atoms with E-state index in [-0.39, 0.29) is 11.7 Å². The second kappa shape index (κ2) is 7.19. The molecule has 2 aromatic heterocycles. The molecular formula is C21H16F2N4O. The Kier molecular flexibility index (Phi) is 4.57. The Hall–Kier alpha value is -3.61. The molecule has 0 unspecified atom stereocenters. The second-order valence-corrected chi connectivity index (χ2v) is 6.27. The van der Waals surface area contributed by atoms with Crippen molar-refractivity contribution in [1.82, 2.24) is 14.5 Å². The van der Waals surface area contributed by atoms with E-state index < -0.39 is 6.55 Å². The summed E-state index contributed by atoms with van der Waals surface area (Å²) < 4.78 is 28.1. The first-order chi connectivity index (χ1) is 13.5. The molecule has 0 spiro atoms. The number of para-hydroxylation sites is 2. The first-order valence-corrected chi connectivity index (χ1v) is 8.63. The van der Waals surface area contributed by atoms with E-state index >= 15 is 0 Å². The van der Waals surface area contributed by atoms with Crippen molar-refractivity contribution in [2.24, 2.45) is 0 Å². The van der Waals surface area contributed by atoms with Crippen LogP contribution in [0, 0.1) is 6.92 Å². The number of nitrogens with zero attached hydrogens (tertiary/aromatic N) is 3. The summed E-state index contributed by atoms with van der Waals surface area (Å²) >= 11 is 0. The lowest BCUT2D eigenvalue weighted by Crippen LogP contribution is -2.13. The molecule has 0 bridgehead atoms. The molecule has 0 aliphatic heterocycles. The number of fused-ring (bicyclic) bond motifs is 1. The van der Waals surface area contributed by atoms with Gasteiger partial charge in [0.05, 0.1) is 11.0 Å². The summed E-state index contributed by atoms with van der Waals surface area (Å²) in [5, 5.41) is 2.75. The van der Waals surface area contributed by atoms with Crippen LogP contribution in [0.1, 0.15) is 22.7 Å². The number of aryl methyl sites for hydroxylation is 1. The minimum absolute atomic E-state index is 0.175. The van der Waals surface area contributed by atoms with Gasteiger partial charge in [-0.2, -0.15) is 8.78 Å². The van der Waals surface area contributed by atoms with E-state index in [9.17, 15) is 13.6 Å². The van der Waals surface area contributed by atoms with E-state index in [4.69, 9.17) is 0 Å². The van der Waals surface area contributed by atoms with Crippen molar-refractivity contribution >= 4 is 22.6 Å². The molecule has 7 heteroatoms. The van der Waals surface area contributed by atoms with E-state index in [0.29, 0.717) is 28.0 Å². The fourth-order valence-electron chi connectivity index (χ4n) is 3.01. The van der Waals surface area contributed by atoms with Crippen LogP contribution in [0.25, 0.3) is 22.4 Å². The van der Waals surface area contributed by atoms with Gasteiger partial charge in [-0.15, -0.1) is 0 Å². The van der Waals surface area contributed by atoms with Gasteiger partial charge in [-0.3, -0.25) is 9.36 Å². The van der Waals surface area contributed by atoms with Crippen LogP contribution in [0.15, 0.2) is 66.7 Å². The Balaban J connectivity index is 1.63. The molecule has 1 amide bonds. The lowest BCUT2D eigenvalue weighted by molar-refractivity contribution is 0.0764. The third-order valence-electron chi connectivity index (χ3n) is 4.31. The number of carbonyl (C=O) groups excluding carboxylic acids is 1. The molecule has 0 radical (unpaired) electrons. The lowest BCUT2D eigenvalue weighted by Gasteiger charge is -2.09. The normalized spacial score (nSPS) is 11.1. The van der Waals surface area contributed by atoms with Gasteiger partial charge in [0, 0.05) is 16.9 Å². The molecule has 2 aromatic carbocycles. The zero-order valence-corrected chi connectivity index (χ0v) is 14.9. The molecule has 0 saturated heterocycles. The second-order valence-electron chi connectivity index (χ2n) is 6.27. The fourth-order valence-corrected chi connectivity index (χ4v) is 3.01. The molecule has 1 N–H and O–H groups in total. The van der Waals surface area contributed by atoms with Gasteiger partial charge in [-0.05, 0) is 55.5 Å². The minimum Gasteiger partial charge on any atom is -0.321 e. The molecule has 0 saturated carbocycles. The van der Waals surface area contributed by atoms with Gasteiger partial charge >= 0.3 is 6.55 Å². The topological polar surface area (TPSA) is 59.8 Å². The maximum absolute atomic E-state index is 13.6. The summed E-state index contributed by atoms with van der Waals surface area (Å²) in [6.45, 7) is -0.908. The number of aromatic nitrogens is 3. The number of alkyl halides is 2. The SMILES string of the molecule is Cc1cccc(C(=O)Nc2ccc(-c3nc4ccccc4n3C(F)F)cc2)n1. The Morgan fingerprint density at radius 1 is 0.964 bits per heavy atom. The predicted octanol–water partition coefficient (Wildman–Crippen LogP) is 5.05. The van der Waals surface area contributed by atoms with E-state index in [2.05, 4.69) is 15.3 Å². The fraction of sp³-hybridized carbons (Fsp3) is 0.0952. The number of amides is 1. The van der Waals surface area contributed by atoms with Crippen molar-refractivity contribution in [1.29, 1.82) is 0 Å². The van der Waals surface area contributed by atoms with Crippen molar-refractivity contribution < 1.29 is 13.6 Å². The molecule has 4 aromatic rings. The van der Waals surface area contributed by atoms with E-state index in [1.165, 1.54) is 0 Å². The smallest absolute Gasteiger partial charge is 0.320 e. The average Bonchev–Trinajstić information content (AvgIpc) is 3.08. The average molecular weight is 378 g/mol. The summed E-state index contributed by atoms with van der Waals surface area (Å²) in [5.41, 5.74) is 2.99. The number of halogens is 2. The Bertz CT molecular complexity index is 1150. The van der Waals surface area contributed by atoms with Crippen LogP contribution in [-0.2, 0) is 0 Å². The molecule has 0 atom stereocenters. The monoisotopic (exact) mass is 378 g/mol. The number of pyridine rings is 1. The van der Waals surface area contributed by atoms with Crippen LogP contribution in [0.3, 0.4) is 0 Å². The van der Waals surface area contributed by atoms with Crippen LogP contribution < -0.4 is 5.32 Å². The minimum atomic E-state index is -2.71. The highest BCUT2D eigenvalue weighted by atomic mass is 19.3. The van der Waals surface area contributed by atoms with Gasteiger partial charge < -0.3 is 5.32 Å². The van der Waals surface area contributed by atoms with Gasteiger partial charge in [-0.25, -0.2) is 9.97 Å². The molecule has 140 valence electrons. The van der Waals surface area contributed by atoms with Crippen LogP contribution in [0.5, 0.6) is 0 Å². The number of hydrogen-bond acceptors (Lipinski definition) is 3. The van der Waals surface area contributed by atoms with Crippen LogP contribution in [0.2, 0.25) is 0 Å². The highest BCUT2D eigenvalue weighted by molar-refractivity contribution is 6.03. The van der Waals surface area contributed by atoms with Gasteiger partial charge in [0.2, 0.25) is 0 Å². The van der Waals surface area contributed by atoms with Crippen molar-refractivity contribution in [3.05, 3.63) is 78.1 Å². The van der Waals surface area contributed by atoms with Gasteiger partial charge in [0.1, 0.15) is 11.5 Å². The first kappa shape index (κ1) is 17.8. The molecule has 0 aliphatic carbocycles. The zero-order valence-electron chi connectivity index (χ0n) is 14.9. The Labute approximate surface area is 159 Å². The highest BCUT2D eigenvalue weighted by Crippen LogP contribution is 2.30. The third kappa shape index (κ3) is 3.34. The van der Waals surface area contributed by atoms with Crippen molar-refractivity contribution in [2.45, 2.75) is 13.5 Å². The molecule has 2 heterocycles. The number of imidazole rings is 1. The number of hydrogen-bond donors (Lipinski definition) is 1. The molecule has 0 fully saturated rings. The zero-order chi connectivity index (χ0) is 19.7. The summed E-state index contributed by atoms with van der Waals surface area (Å²) in [6, 6.07) is 18.6. The summed E-state index contributed by atoms with van der Waals surface area (Å²) in [6.07, 6.45) is 0. The highest BCUT2D eigenvalue weighted by Gasteiger charge is 2.18. The largest absolute Gasteiger partial charge is 0.321 e. The summed E-state index contributed by atoms with van der Waals surface area (Å²) in [7, 11) is 0. The first-order valence-electron chi connectivity index (χ1n) is 8.63. The van der Waals surface area contributed by atoms with Gasteiger partial charge in [0.15, 0.2) is 0 Å². The quantitative estimate of drug-likeness (QED) is 0.540. The lowest BCUT2D eigenvalue weighted by atomic mass is 10.2. The maximum Gasteiger partial charge on any atom is 0.320 e. The third-order valence-corrected chi connectivity index (χ3v) is 4.31. The van der Waals surface area contributed by atoms with Gasteiger partial charge in [-0.1, -0.05) is 18.2 Å². The summed E-state index contributed by atoms with van der Waals surface area (Å²) in [4.78, 5) is 20.8. The van der Waals surface area contributed by atoms with Crippen molar-refractivity contribution in [3.63, 3.8) is 0 Å². The van der Waals surface area contributed by atoms with Crippen molar-refractivity contribution in [3.8, 4) is 11.4 Å². The van der Waals surface area contributed by atoms with Crippen LogP contribution in [0.4, 0.5) is 14.5 Å². The van der Waals surface area contributed by atoms with Crippen LogP contribution >= 0.6 is 0 Å². The number of rotatable bonds is 4. The van der Waals surface area contributed by atoms with E-state index in [1.807, 2.05) is 0 Å². The Morgan fingerprint density at radius 3 is 2.43 bits per heavy atom. The number of nitrogens with one attached hydrogen (secondary N) is 1. The van der Waals surface area contributed by atoms with E-state index in [0.717, 1.165) is 10.3 Å². The number of benzene rings is 2. The molecule has 4 rings (SSSR count). The number of anilines is 1. The molecule has 28 heavy (non-hydrogen) atoms.